The average Bonchev–Trinajstić information content (AvgIpc) is 2.59. The van der Waals surface area contributed by atoms with Gasteiger partial charge in [0.1, 0.15) is 0 Å². The molecule has 0 aromatic rings. The van der Waals surface area contributed by atoms with Crippen LogP contribution in [-0.4, -0.2) is 25.2 Å². The van der Waals surface area contributed by atoms with Gasteiger partial charge in [0.25, 0.3) is 0 Å². The lowest BCUT2D eigenvalue weighted by molar-refractivity contribution is -0.173. The summed E-state index contributed by atoms with van der Waals surface area (Å²) in [7, 11) is 0. The largest absolute Gasteiger partial charge is 0.465 e. The van der Waals surface area contributed by atoms with Crippen LogP contribution in [0.25, 0.3) is 0 Å². The Hall–Kier alpha value is -1.06. The summed E-state index contributed by atoms with van der Waals surface area (Å²) >= 11 is 0. The summed E-state index contributed by atoms with van der Waals surface area (Å²) in [6, 6.07) is 0. The number of carbonyl (C=O) groups excluding carboxylic acids is 2. The lowest BCUT2D eigenvalue weighted by Crippen LogP contribution is -2.44. The molecule has 0 spiro atoms. The first-order valence-corrected chi connectivity index (χ1v) is 10.2. The zero-order chi connectivity index (χ0) is 18.9. The van der Waals surface area contributed by atoms with Crippen molar-refractivity contribution in [2.45, 2.75) is 86.0 Å². The predicted octanol–water partition coefficient (Wildman–Crippen LogP) is 5.14. The Morgan fingerprint density at radius 3 is 2.44 bits per heavy atom. The molecule has 1 saturated carbocycles. The van der Waals surface area contributed by atoms with E-state index < -0.39 is 5.41 Å². The number of esters is 2. The number of hydrogen-bond donors (Lipinski definition) is 0. The van der Waals surface area contributed by atoms with Gasteiger partial charge in [-0.25, -0.2) is 0 Å². The third-order valence-corrected chi connectivity index (χ3v) is 5.51. The minimum atomic E-state index is -0.741. The molecule has 0 N–H and O–H groups in total. The van der Waals surface area contributed by atoms with Gasteiger partial charge < -0.3 is 9.47 Å². The molecular formula is C21H38O4. The molecule has 4 nitrogen and oxygen atoms in total. The van der Waals surface area contributed by atoms with Gasteiger partial charge in [0.2, 0.25) is 0 Å². The Kier molecular flexibility index (Phi) is 9.52. The average molecular weight is 355 g/mol. The van der Waals surface area contributed by atoms with Crippen LogP contribution in [0, 0.1) is 23.2 Å². The Labute approximate surface area is 154 Å². The Morgan fingerprint density at radius 2 is 1.84 bits per heavy atom. The zero-order valence-electron chi connectivity index (χ0n) is 16.9. The maximum Gasteiger partial charge on any atom is 0.312 e. The summed E-state index contributed by atoms with van der Waals surface area (Å²) in [6.45, 7) is 11.1. The van der Waals surface area contributed by atoms with E-state index in [2.05, 4.69) is 13.8 Å². The highest BCUT2D eigenvalue weighted by Gasteiger charge is 2.48. The predicted molar refractivity (Wildman–Crippen MR) is 100 cm³/mol. The van der Waals surface area contributed by atoms with Crippen LogP contribution in [0.15, 0.2) is 0 Å². The first-order valence-electron chi connectivity index (χ1n) is 10.2. The standard InChI is InChI=1S/C21H38O4/c1-6-8-11-17(7-2)15-24-19(22)18-12-9-10-13-21(18,5)20(23)25-14-16(3)4/h16-18H,6-15H2,1-5H3. The van der Waals surface area contributed by atoms with Gasteiger partial charge in [0.15, 0.2) is 0 Å². The lowest BCUT2D eigenvalue weighted by Gasteiger charge is -2.38. The Balaban J connectivity index is 2.67. The molecule has 0 amide bonds. The van der Waals surface area contributed by atoms with E-state index in [0.29, 0.717) is 31.5 Å². The molecule has 0 radical (unpaired) electrons. The van der Waals surface area contributed by atoms with E-state index in [1.807, 2.05) is 20.8 Å². The minimum absolute atomic E-state index is 0.210. The third-order valence-electron chi connectivity index (χ3n) is 5.51. The molecule has 0 aliphatic heterocycles. The summed E-state index contributed by atoms with van der Waals surface area (Å²) in [6.07, 6.45) is 7.80. The zero-order valence-corrected chi connectivity index (χ0v) is 16.9. The van der Waals surface area contributed by atoms with E-state index in [1.165, 1.54) is 6.42 Å². The molecule has 0 aromatic heterocycles. The fourth-order valence-corrected chi connectivity index (χ4v) is 3.56. The van der Waals surface area contributed by atoms with E-state index in [0.717, 1.165) is 38.5 Å². The van der Waals surface area contributed by atoms with Crippen LogP contribution in [0.5, 0.6) is 0 Å². The van der Waals surface area contributed by atoms with Crippen molar-refractivity contribution < 1.29 is 19.1 Å². The van der Waals surface area contributed by atoms with Crippen molar-refractivity contribution in [3.8, 4) is 0 Å². The summed E-state index contributed by atoms with van der Waals surface area (Å²) in [5.74, 6) is -0.0961. The SMILES string of the molecule is CCCCC(CC)COC(=O)C1CCCCC1(C)C(=O)OCC(C)C. The van der Waals surface area contributed by atoms with Crippen LogP contribution in [-0.2, 0) is 19.1 Å². The number of rotatable bonds is 10. The molecule has 3 unspecified atom stereocenters. The van der Waals surface area contributed by atoms with E-state index in [9.17, 15) is 9.59 Å². The van der Waals surface area contributed by atoms with Crippen LogP contribution in [0.1, 0.15) is 86.0 Å². The summed E-state index contributed by atoms with van der Waals surface area (Å²) in [5, 5.41) is 0. The van der Waals surface area contributed by atoms with E-state index in [-0.39, 0.29) is 17.9 Å². The summed E-state index contributed by atoms with van der Waals surface area (Å²) in [4.78, 5) is 25.4. The van der Waals surface area contributed by atoms with Crippen molar-refractivity contribution >= 4 is 11.9 Å². The lowest BCUT2D eigenvalue weighted by atomic mass is 9.67. The minimum Gasteiger partial charge on any atom is -0.465 e. The van der Waals surface area contributed by atoms with Crippen molar-refractivity contribution in [2.24, 2.45) is 23.2 Å². The first-order chi connectivity index (χ1) is 11.8. The maximum atomic E-state index is 12.7. The molecule has 3 atom stereocenters. The molecule has 1 fully saturated rings. The van der Waals surface area contributed by atoms with Crippen LogP contribution in [0.3, 0.4) is 0 Å². The fraction of sp³-hybridized carbons (Fsp3) is 0.905. The quantitative estimate of drug-likeness (QED) is 0.510. The second-order valence-corrected chi connectivity index (χ2v) is 8.25. The Bertz CT molecular complexity index is 418. The maximum absolute atomic E-state index is 12.7. The van der Waals surface area contributed by atoms with Crippen molar-refractivity contribution in [3.63, 3.8) is 0 Å². The molecular weight excluding hydrogens is 316 g/mol. The monoisotopic (exact) mass is 354 g/mol. The van der Waals surface area contributed by atoms with E-state index in [1.54, 1.807) is 0 Å². The van der Waals surface area contributed by atoms with E-state index >= 15 is 0 Å². The van der Waals surface area contributed by atoms with Crippen LogP contribution in [0.4, 0.5) is 0 Å². The van der Waals surface area contributed by atoms with Gasteiger partial charge in [-0.05, 0) is 38.0 Å². The molecule has 146 valence electrons. The molecule has 1 aliphatic carbocycles. The van der Waals surface area contributed by atoms with Crippen LogP contribution >= 0.6 is 0 Å². The van der Waals surface area contributed by atoms with E-state index in [4.69, 9.17) is 9.47 Å². The molecule has 1 aliphatic rings. The fourth-order valence-electron chi connectivity index (χ4n) is 3.56. The normalized spacial score (nSPS) is 24.8. The third kappa shape index (κ3) is 6.63. The first kappa shape index (κ1) is 22.0. The number of carbonyl (C=O) groups is 2. The van der Waals surface area contributed by atoms with Crippen molar-refractivity contribution in [1.29, 1.82) is 0 Å². The van der Waals surface area contributed by atoms with Gasteiger partial charge in [0, 0.05) is 0 Å². The molecule has 0 bridgehead atoms. The summed E-state index contributed by atoms with van der Waals surface area (Å²) in [5.41, 5.74) is -0.741. The second kappa shape index (κ2) is 10.8. The van der Waals surface area contributed by atoms with Gasteiger partial charge in [-0.2, -0.15) is 0 Å². The molecule has 25 heavy (non-hydrogen) atoms. The van der Waals surface area contributed by atoms with Crippen LogP contribution in [0.2, 0.25) is 0 Å². The topological polar surface area (TPSA) is 52.6 Å². The van der Waals surface area contributed by atoms with Crippen LogP contribution < -0.4 is 0 Å². The smallest absolute Gasteiger partial charge is 0.312 e. The molecule has 0 heterocycles. The highest BCUT2D eigenvalue weighted by atomic mass is 16.5. The van der Waals surface area contributed by atoms with Gasteiger partial charge in [-0.15, -0.1) is 0 Å². The molecule has 0 aromatic carbocycles. The van der Waals surface area contributed by atoms with Crippen molar-refractivity contribution in [3.05, 3.63) is 0 Å². The molecule has 0 saturated heterocycles. The van der Waals surface area contributed by atoms with Gasteiger partial charge in [-0.1, -0.05) is 59.8 Å². The van der Waals surface area contributed by atoms with Gasteiger partial charge >= 0.3 is 11.9 Å². The highest BCUT2D eigenvalue weighted by molar-refractivity contribution is 5.85. The number of unbranched alkanes of at least 4 members (excludes halogenated alkanes) is 1. The Morgan fingerprint density at radius 1 is 1.12 bits per heavy atom. The number of ether oxygens (including phenoxy) is 2. The van der Waals surface area contributed by atoms with Gasteiger partial charge in [-0.3, -0.25) is 9.59 Å². The highest BCUT2D eigenvalue weighted by Crippen LogP contribution is 2.43. The molecule has 4 heteroatoms. The van der Waals surface area contributed by atoms with Gasteiger partial charge in [0.05, 0.1) is 24.5 Å². The number of hydrogen-bond acceptors (Lipinski definition) is 4. The van der Waals surface area contributed by atoms with Crippen molar-refractivity contribution in [2.75, 3.05) is 13.2 Å². The van der Waals surface area contributed by atoms with Crippen molar-refractivity contribution in [1.82, 2.24) is 0 Å². The second-order valence-electron chi connectivity index (χ2n) is 8.25. The summed E-state index contributed by atoms with van der Waals surface area (Å²) < 4.78 is 11.1. The molecule has 1 rings (SSSR count).